The zero-order chi connectivity index (χ0) is 44.5. The number of halogens is 3. The molecule has 17 heteroatoms. The predicted molar refractivity (Wildman–Crippen MR) is 229 cm³/mol. The fourth-order valence-corrected chi connectivity index (χ4v) is 10.1. The van der Waals surface area contributed by atoms with Crippen molar-refractivity contribution in [3.8, 4) is 6.07 Å². The molecule has 8 rings (SSSR count). The minimum atomic E-state index is -4.62. The van der Waals surface area contributed by atoms with Crippen LogP contribution in [-0.2, 0) is 20.6 Å². The number of rotatable bonds is 10. The lowest BCUT2D eigenvalue weighted by atomic mass is 9.71. The van der Waals surface area contributed by atoms with Crippen LogP contribution in [0.1, 0.15) is 83.2 Å². The minimum absolute atomic E-state index is 0.133. The number of likely N-dealkylation sites (tertiary alicyclic amines) is 1. The largest absolute Gasteiger partial charge is 0.417 e. The Bertz CT molecular complexity index is 2270. The van der Waals surface area contributed by atoms with Crippen LogP contribution < -0.4 is 25.3 Å². The first-order chi connectivity index (χ1) is 30.2. The van der Waals surface area contributed by atoms with Gasteiger partial charge in [-0.05, 0) is 105 Å². The molecule has 14 nitrogen and oxygen atoms in total. The molecule has 0 saturated carbocycles. The standard InChI is InChI=1S/C46H52F3N9O5/c1-54(39-7-9-41(60)53-43(39)62)44(63)37-6-5-35(22-33(37)27-59)57-20-14-45(15-21-57)28-55(29-45)26-30-10-16-58(17-11-30)40-8-3-34(25-51-40)52-42(61)31-12-18-56(19-13-31)36-4-2-32(24-50)38(23-36)46(47,48)49/h2-6,8,22-23,25,27,30-31,39H,7,9-21,26,28-29H2,1H3,(H,52,61)(H,53,60,62). The lowest BCUT2D eigenvalue weighted by Crippen LogP contribution is -2.61. The van der Waals surface area contributed by atoms with Gasteiger partial charge in [-0.2, -0.15) is 18.4 Å². The molecular formula is C46H52F3N9O5. The van der Waals surface area contributed by atoms with Crippen molar-refractivity contribution < 1.29 is 37.1 Å². The number of aldehydes is 1. The average molecular weight is 868 g/mol. The van der Waals surface area contributed by atoms with Gasteiger partial charge in [-0.25, -0.2) is 4.98 Å². The first-order valence-electron chi connectivity index (χ1n) is 21.8. The number of hydrogen-bond acceptors (Lipinski definition) is 11. The summed E-state index contributed by atoms with van der Waals surface area (Å²) in [7, 11) is 1.52. The molecule has 4 amide bonds. The number of nitriles is 1. The molecule has 3 aromatic rings. The zero-order valence-corrected chi connectivity index (χ0v) is 35.3. The molecule has 2 N–H and O–H groups in total. The van der Waals surface area contributed by atoms with E-state index in [1.165, 1.54) is 24.1 Å². The van der Waals surface area contributed by atoms with Crippen molar-refractivity contribution in [1.82, 2.24) is 20.1 Å². The molecule has 1 aromatic heterocycles. The molecule has 332 valence electrons. The lowest BCUT2D eigenvalue weighted by Gasteiger charge is -2.55. The fraction of sp³-hybridized carbons (Fsp3) is 0.500. The number of anilines is 4. The van der Waals surface area contributed by atoms with Crippen molar-refractivity contribution >= 4 is 52.8 Å². The fourth-order valence-electron chi connectivity index (χ4n) is 10.1. The quantitative estimate of drug-likeness (QED) is 0.200. The van der Waals surface area contributed by atoms with Crippen LogP contribution in [0.3, 0.4) is 0 Å². The van der Waals surface area contributed by atoms with Crippen molar-refractivity contribution in [3.05, 3.63) is 77.0 Å². The van der Waals surface area contributed by atoms with Gasteiger partial charge in [0.1, 0.15) is 11.9 Å². The zero-order valence-electron chi connectivity index (χ0n) is 35.3. The highest BCUT2D eigenvalue weighted by Crippen LogP contribution is 2.42. The van der Waals surface area contributed by atoms with E-state index in [1.54, 1.807) is 24.4 Å². The Morgan fingerprint density at radius 1 is 0.921 bits per heavy atom. The number of nitrogens with zero attached hydrogens (tertiary/aromatic N) is 7. The summed E-state index contributed by atoms with van der Waals surface area (Å²) < 4.78 is 40.5. The Balaban J connectivity index is 0.742. The number of alkyl halides is 3. The number of carbonyl (C=O) groups is 5. The number of piperidine rings is 4. The van der Waals surface area contributed by atoms with Gasteiger partial charge >= 0.3 is 6.18 Å². The number of aromatic nitrogens is 1. The van der Waals surface area contributed by atoms with Crippen molar-refractivity contribution in [1.29, 1.82) is 5.26 Å². The highest BCUT2D eigenvalue weighted by molar-refractivity contribution is 6.06. The maximum Gasteiger partial charge on any atom is 0.417 e. The summed E-state index contributed by atoms with van der Waals surface area (Å²) in [6, 6.07) is 13.7. The van der Waals surface area contributed by atoms with Crippen LogP contribution in [0.25, 0.3) is 0 Å². The number of carbonyl (C=O) groups excluding carboxylic acids is 5. The van der Waals surface area contributed by atoms with Crippen molar-refractivity contribution in [2.24, 2.45) is 17.3 Å². The molecule has 5 saturated heterocycles. The second-order valence-electron chi connectivity index (χ2n) is 17.9. The van der Waals surface area contributed by atoms with Crippen molar-refractivity contribution in [3.63, 3.8) is 0 Å². The number of amides is 4. The third-order valence-corrected chi connectivity index (χ3v) is 13.8. The van der Waals surface area contributed by atoms with E-state index in [2.05, 4.69) is 30.3 Å². The molecule has 0 aliphatic carbocycles. The SMILES string of the molecule is CN(C(=O)c1ccc(N2CCC3(CC2)CN(CC2CCN(c4ccc(NC(=O)C5CCN(c6ccc(C#N)c(C(F)(F)F)c6)CC5)cn4)CC2)C3)cc1C=O)C1CCC(=O)NC1=O. The van der Waals surface area contributed by atoms with E-state index in [1.807, 2.05) is 23.1 Å². The first kappa shape index (κ1) is 43.6. The Labute approximate surface area is 364 Å². The average Bonchev–Trinajstić information content (AvgIpc) is 3.28. The molecule has 63 heavy (non-hydrogen) atoms. The summed E-state index contributed by atoms with van der Waals surface area (Å²) in [5.41, 5.74) is 1.34. The van der Waals surface area contributed by atoms with E-state index in [0.717, 1.165) is 89.1 Å². The van der Waals surface area contributed by atoms with Crippen LogP contribution in [0.2, 0.25) is 0 Å². The maximum absolute atomic E-state index is 13.5. The van der Waals surface area contributed by atoms with Gasteiger partial charge in [0, 0.05) is 95.2 Å². The summed E-state index contributed by atoms with van der Waals surface area (Å²) in [4.78, 5) is 77.4. The number of benzene rings is 2. The van der Waals surface area contributed by atoms with Gasteiger partial charge in [0.2, 0.25) is 17.7 Å². The smallest absolute Gasteiger partial charge is 0.371 e. The second-order valence-corrected chi connectivity index (χ2v) is 17.9. The summed E-state index contributed by atoms with van der Waals surface area (Å²) in [6.45, 7) is 7.61. The lowest BCUT2D eigenvalue weighted by molar-refractivity contribution is -0.138. The summed E-state index contributed by atoms with van der Waals surface area (Å²) in [5.74, 6) is -0.230. The normalized spacial score (nSPS) is 21.1. The predicted octanol–water partition coefficient (Wildman–Crippen LogP) is 5.34. The number of pyridine rings is 1. The Morgan fingerprint density at radius 3 is 2.22 bits per heavy atom. The van der Waals surface area contributed by atoms with E-state index in [-0.39, 0.29) is 41.7 Å². The van der Waals surface area contributed by atoms with Gasteiger partial charge < -0.3 is 29.8 Å². The molecule has 1 unspecified atom stereocenters. The first-order valence-corrected chi connectivity index (χ1v) is 21.8. The third kappa shape index (κ3) is 9.51. The Kier molecular flexibility index (Phi) is 12.5. The molecule has 0 radical (unpaired) electrons. The number of likely N-dealkylation sites (N-methyl/N-ethyl adjacent to an activating group) is 1. The maximum atomic E-state index is 13.5. The monoisotopic (exact) mass is 867 g/mol. The van der Waals surface area contributed by atoms with Crippen LogP contribution in [0.5, 0.6) is 0 Å². The highest BCUT2D eigenvalue weighted by atomic mass is 19.4. The van der Waals surface area contributed by atoms with Gasteiger partial charge in [0.25, 0.3) is 5.91 Å². The molecule has 5 fully saturated rings. The van der Waals surface area contributed by atoms with Crippen LogP contribution in [0.15, 0.2) is 54.7 Å². The molecule has 0 bridgehead atoms. The number of imide groups is 1. The number of nitrogens with one attached hydrogen (secondary N) is 2. The summed E-state index contributed by atoms with van der Waals surface area (Å²) in [6.07, 6.45) is 3.36. The van der Waals surface area contributed by atoms with Gasteiger partial charge in [0.05, 0.1) is 34.6 Å². The Hall–Kier alpha value is -6.02. The van der Waals surface area contributed by atoms with E-state index >= 15 is 0 Å². The third-order valence-electron chi connectivity index (χ3n) is 13.8. The Morgan fingerprint density at radius 2 is 1.59 bits per heavy atom. The van der Waals surface area contributed by atoms with Crippen LogP contribution in [-0.4, -0.2) is 117 Å². The van der Waals surface area contributed by atoms with Crippen LogP contribution in [0, 0.1) is 28.6 Å². The van der Waals surface area contributed by atoms with Gasteiger partial charge in [0.15, 0.2) is 6.29 Å². The molecule has 2 aromatic carbocycles. The summed E-state index contributed by atoms with van der Waals surface area (Å²) >= 11 is 0. The molecule has 6 heterocycles. The molecule has 1 spiro atoms. The van der Waals surface area contributed by atoms with Gasteiger partial charge in [-0.1, -0.05) is 0 Å². The van der Waals surface area contributed by atoms with Crippen LogP contribution >= 0.6 is 0 Å². The van der Waals surface area contributed by atoms with Crippen molar-refractivity contribution in [2.45, 2.75) is 63.6 Å². The second kappa shape index (κ2) is 18.0. The van der Waals surface area contributed by atoms with E-state index in [0.29, 0.717) is 54.9 Å². The van der Waals surface area contributed by atoms with E-state index in [4.69, 9.17) is 5.26 Å². The van der Waals surface area contributed by atoms with Gasteiger partial charge in [-0.3, -0.25) is 29.3 Å². The van der Waals surface area contributed by atoms with E-state index in [9.17, 15) is 37.1 Å². The topological polar surface area (TPSA) is 162 Å². The van der Waals surface area contributed by atoms with Gasteiger partial charge in [-0.15, -0.1) is 0 Å². The molecular weight excluding hydrogens is 816 g/mol. The van der Waals surface area contributed by atoms with Crippen LogP contribution in [0.4, 0.5) is 36.1 Å². The molecule has 1 atom stereocenters. The minimum Gasteiger partial charge on any atom is -0.371 e. The van der Waals surface area contributed by atoms with E-state index < -0.39 is 35.2 Å². The highest BCUT2D eigenvalue weighted by Gasteiger charge is 2.45. The molecule has 5 aliphatic rings. The molecule has 5 aliphatic heterocycles. The summed E-state index contributed by atoms with van der Waals surface area (Å²) in [5, 5.41) is 14.4. The van der Waals surface area contributed by atoms with Crippen molar-refractivity contribution in [2.75, 3.05) is 86.0 Å². The number of hydrogen-bond donors (Lipinski definition) is 2.